The van der Waals surface area contributed by atoms with Crippen LogP contribution in [0, 0.1) is 0 Å². The topological polar surface area (TPSA) is 90.6 Å². The van der Waals surface area contributed by atoms with Gasteiger partial charge in [0.25, 0.3) is 0 Å². The number of aromatic nitrogens is 2. The van der Waals surface area contributed by atoms with Crippen molar-refractivity contribution < 1.29 is 14.3 Å². The zero-order valence-corrected chi connectivity index (χ0v) is 16.0. The first-order valence-corrected chi connectivity index (χ1v) is 10.1. The molecule has 1 aromatic rings. The van der Waals surface area contributed by atoms with Crippen molar-refractivity contribution in [2.45, 2.75) is 50.6 Å². The van der Waals surface area contributed by atoms with Crippen LogP contribution in [-0.4, -0.2) is 77.0 Å². The lowest BCUT2D eigenvalue weighted by molar-refractivity contribution is -0.144. The fourth-order valence-corrected chi connectivity index (χ4v) is 4.76. The summed E-state index contributed by atoms with van der Waals surface area (Å²) in [4.78, 5) is 37.2. The van der Waals surface area contributed by atoms with Crippen LogP contribution < -0.4 is 5.32 Å². The third-order valence-corrected chi connectivity index (χ3v) is 6.23. The minimum Gasteiger partial charge on any atom is -0.378 e. The molecule has 4 heterocycles. The zero-order chi connectivity index (χ0) is 18.9. The van der Waals surface area contributed by atoms with Crippen LogP contribution in [0.4, 0.5) is 0 Å². The molecule has 0 aromatic carbocycles. The number of amides is 2. The highest BCUT2D eigenvalue weighted by molar-refractivity contribution is 5.78. The number of hydrogen-bond donors (Lipinski definition) is 2. The summed E-state index contributed by atoms with van der Waals surface area (Å²) in [5.41, 5.74) is 1.77. The molecule has 2 saturated heterocycles. The second-order valence-electron chi connectivity index (χ2n) is 7.72. The SMILES string of the molecule is CCC(=O)N1CCc2[nH]cnc2C12CCN(C(=O)CC1COCCN1)CC2. The van der Waals surface area contributed by atoms with Gasteiger partial charge in [0.05, 0.1) is 30.8 Å². The van der Waals surface area contributed by atoms with E-state index in [4.69, 9.17) is 4.74 Å². The number of hydrogen-bond acceptors (Lipinski definition) is 5. The molecule has 1 unspecified atom stereocenters. The number of carbonyl (C=O) groups excluding carboxylic acids is 2. The number of rotatable bonds is 3. The third-order valence-electron chi connectivity index (χ3n) is 6.23. The Balaban J connectivity index is 1.47. The average Bonchev–Trinajstić information content (AvgIpc) is 3.19. The lowest BCUT2D eigenvalue weighted by Crippen LogP contribution is -2.59. The van der Waals surface area contributed by atoms with E-state index in [-0.39, 0.29) is 23.4 Å². The molecule has 1 atom stereocenters. The van der Waals surface area contributed by atoms with E-state index in [2.05, 4.69) is 15.3 Å². The Morgan fingerprint density at radius 2 is 2.11 bits per heavy atom. The molecule has 8 nitrogen and oxygen atoms in total. The van der Waals surface area contributed by atoms with Gasteiger partial charge < -0.3 is 24.8 Å². The maximum absolute atomic E-state index is 12.7. The monoisotopic (exact) mass is 375 g/mol. The summed E-state index contributed by atoms with van der Waals surface area (Å²) in [6, 6.07) is 0.105. The largest absolute Gasteiger partial charge is 0.378 e. The maximum atomic E-state index is 12.7. The number of imidazole rings is 1. The number of aromatic amines is 1. The van der Waals surface area contributed by atoms with Crippen LogP contribution in [0.5, 0.6) is 0 Å². The molecule has 4 rings (SSSR count). The average molecular weight is 375 g/mol. The summed E-state index contributed by atoms with van der Waals surface area (Å²) in [5.74, 6) is 0.339. The number of fused-ring (bicyclic) bond motifs is 2. The van der Waals surface area contributed by atoms with Crippen molar-refractivity contribution >= 4 is 11.8 Å². The summed E-state index contributed by atoms with van der Waals surface area (Å²) < 4.78 is 5.45. The van der Waals surface area contributed by atoms with Crippen molar-refractivity contribution in [1.82, 2.24) is 25.1 Å². The molecular formula is C19H29N5O3. The maximum Gasteiger partial charge on any atom is 0.224 e. The van der Waals surface area contributed by atoms with Gasteiger partial charge in [0, 0.05) is 57.2 Å². The van der Waals surface area contributed by atoms with Crippen molar-refractivity contribution in [3.05, 3.63) is 17.7 Å². The van der Waals surface area contributed by atoms with E-state index in [1.54, 1.807) is 6.33 Å². The number of ether oxygens (including phenoxy) is 1. The fraction of sp³-hybridized carbons (Fsp3) is 0.737. The molecular weight excluding hydrogens is 346 g/mol. The second-order valence-corrected chi connectivity index (χ2v) is 7.72. The first kappa shape index (κ1) is 18.4. The number of nitrogens with zero attached hydrogens (tertiary/aromatic N) is 3. The van der Waals surface area contributed by atoms with E-state index in [0.29, 0.717) is 39.1 Å². The van der Waals surface area contributed by atoms with Gasteiger partial charge in [-0.3, -0.25) is 9.59 Å². The van der Waals surface area contributed by atoms with Gasteiger partial charge in [-0.05, 0) is 12.8 Å². The highest BCUT2D eigenvalue weighted by Crippen LogP contribution is 2.42. The van der Waals surface area contributed by atoms with E-state index in [9.17, 15) is 9.59 Å². The normalized spacial score (nSPS) is 24.7. The Hall–Kier alpha value is -1.93. The Morgan fingerprint density at radius 3 is 2.81 bits per heavy atom. The number of carbonyl (C=O) groups is 2. The molecule has 0 radical (unpaired) electrons. The van der Waals surface area contributed by atoms with E-state index in [0.717, 1.165) is 43.7 Å². The zero-order valence-electron chi connectivity index (χ0n) is 16.0. The predicted molar refractivity (Wildman–Crippen MR) is 99.0 cm³/mol. The highest BCUT2D eigenvalue weighted by Gasteiger charge is 2.48. The smallest absolute Gasteiger partial charge is 0.224 e. The fourth-order valence-electron chi connectivity index (χ4n) is 4.76. The van der Waals surface area contributed by atoms with Crippen LogP contribution >= 0.6 is 0 Å². The molecule has 2 fully saturated rings. The Kier molecular flexibility index (Phi) is 5.19. The lowest BCUT2D eigenvalue weighted by atomic mass is 9.78. The van der Waals surface area contributed by atoms with Crippen LogP contribution in [0.3, 0.4) is 0 Å². The molecule has 0 saturated carbocycles. The minimum atomic E-state index is -0.371. The lowest BCUT2D eigenvalue weighted by Gasteiger charge is -2.50. The van der Waals surface area contributed by atoms with Gasteiger partial charge in [0.1, 0.15) is 0 Å². The molecule has 0 bridgehead atoms. The number of likely N-dealkylation sites (tertiary alicyclic amines) is 1. The van der Waals surface area contributed by atoms with Gasteiger partial charge in [0.15, 0.2) is 0 Å². The second kappa shape index (κ2) is 7.59. The predicted octanol–water partition coefficient (Wildman–Crippen LogP) is 0.401. The van der Waals surface area contributed by atoms with E-state index in [1.165, 1.54) is 0 Å². The molecule has 8 heteroatoms. The van der Waals surface area contributed by atoms with Crippen molar-refractivity contribution in [3.8, 4) is 0 Å². The molecule has 0 aliphatic carbocycles. The van der Waals surface area contributed by atoms with Crippen molar-refractivity contribution in [1.29, 1.82) is 0 Å². The van der Waals surface area contributed by atoms with Crippen LogP contribution in [0.15, 0.2) is 6.33 Å². The summed E-state index contributed by atoms with van der Waals surface area (Å²) in [5, 5.41) is 3.35. The number of nitrogens with one attached hydrogen (secondary N) is 2. The third kappa shape index (κ3) is 3.36. The van der Waals surface area contributed by atoms with Gasteiger partial charge in [-0.2, -0.15) is 0 Å². The molecule has 2 amide bonds. The molecule has 3 aliphatic heterocycles. The summed E-state index contributed by atoms with van der Waals surface area (Å²) >= 11 is 0. The number of H-pyrrole nitrogens is 1. The Labute approximate surface area is 159 Å². The van der Waals surface area contributed by atoms with E-state index >= 15 is 0 Å². The Bertz CT molecular complexity index is 689. The van der Waals surface area contributed by atoms with Crippen molar-refractivity contribution in [2.24, 2.45) is 0 Å². The molecule has 2 N–H and O–H groups in total. The van der Waals surface area contributed by atoms with E-state index < -0.39 is 0 Å². The van der Waals surface area contributed by atoms with Crippen LogP contribution in [-0.2, 0) is 26.3 Å². The van der Waals surface area contributed by atoms with Gasteiger partial charge in [-0.15, -0.1) is 0 Å². The van der Waals surface area contributed by atoms with Gasteiger partial charge in [-0.25, -0.2) is 4.98 Å². The first-order chi connectivity index (χ1) is 13.1. The Morgan fingerprint density at radius 1 is 1.30 bits per heavy atom. The van der Waals surface area contributed by atoms with Crippen LogP contribution in [0.25, 0.3) is 0 Å². The summed E-state index contributed by atoms with van der Waals surface area (Å²) in [6.07, 6.45) is 5.01. The van der Waals surface area contributed by atoms with Crippen LogP contribution in [0.1, 0.15) is 44.0 Å². The van der Waals surface area contributed by atoms with E-state index in [1.807, 2.05) is 16.7 Å². The van der Waals surface area contributed by atoms with Gasteiger partial charge in [-0.1, -0.05) is 6.92 Å². The van der Waals surface area contributed by atoms with Crippen molar-refractivity contribution in [3.63, 3.8) is 0 Å². The first-order valence-electron chi connectivity index (χ1n) is 10.1. The standard InChI is InChI=1S/C19H29N5O3/c1-2-16(25)24-7-3-15-18(22-13-21-15)19(24)4-8-23(9-5-19)17(26)11-14-12-27-10-6-20-14/h13-14,20H,2-12H2,1H3,(H,21,22). The quantitative estimate of drug-likeness (QED) is 0.798. The number of piperidine rings is 1. The summed E-state index contributed by atoms with van der Waals surface area (Å²) in [6.45, 7) is 6.06. The van der Waals surface area contributed by atoms with Gasteiger partial charge in [0.2, 0.25) is 11.8 Å². The number of morpholine rings is 1. The highest BCUT2D eigenvalue weighted by atomic mass is 16.5. The van der Waals surface area contributed by atoms with Crippen molar-refractivity contribution in [2.75, 3.05) is 39.4 Å². The molecule has 1 spiro atoms. The molecule has 3 aliphatic rings. The molecule has 1 aromatic heterocycles. The van der Waals surface area contributed by atoms with Gasteiger partial charge >= 0.3 is 0 Å². The molecule has 27 heavy (non-hydrogen) atoms. The summed E-state index contributed by atoms with van der Waals surface area (Å²) in [7, 11) is 0. The minimum absolute atomic E-state index is 0.105. The van der Waals surface area contributed by atoms with Crippen LogP contribution in [0.2, 0.25) is 0 Å². The molecule has 148 valence electrons.